The van der Waals surface area contributed by atoms with Crippen molar-refractivity contribution in [3.63, 3.8) is 0 Å². The summed E-state index contributed by atoms with van der Waals surface area (Å²) in [6, 6.07) is 11.2. The maximum Gasteiger partial charge on any atom is 0.286 e. The third-order valence-corrected chi connectivity index (χ3v) is 13.6. The molecule has 286 valence electrons. The molecule has 7 atom stereocenters. The predicted octanol–water partition coefficient (Wildman–Crippen LogP) is 6.14. The number of carbonyl (C=O) groups excluding carboxylic acids is 2. The Morgan fingerprint density at radius 1 is 1.08 bits per heavy atom. The number of aryl methyl sites for hydroxylation is 2. The van der Waals surface area contributed by atoms with Gasteiger partial charge in [0.05, 0.1) is 36.9 Å². The molecule has 2 aromatic carbocycles. The summed E-state index contributed by atoms with van der Waals surface area (Å²) in [7, 11) is 0.795. The fourth-order valence-corrected chi connectivity index (χ4v) is 9.53. The zero-order chi connectivity index (χ0) is 37.9. The first-order chi connectivity index (χ1) is 25.4. The van der Waals surface area contributed by atoms with E-state index in [1.165, 1.54) is 23.6 Å². The van der Waals surface area contributed by atoms with Crippen molar-refractivity contribution < 1.29 is 33.1 Å². The molecule has 1 fully saturated rings. The molecule has 0 radical (unpaired) electrons. The van der Waals surface area contributed by atoms with Gasteiger partial charge in [-0.3, -0.25) is 19.0 Å². The van der Waals surface area contributed by atoms with Gasteiger partial charge < -0.3 is 24.2 Å². The summed E-state index contributed by atoms with van der Waals surface area (Å²) in [4.78, 5) is 30.1. The van der Waals surface area contributed by atoms with Gasteiger partial charge in [0.1, 0.15) is 21.2 Å². The monoisotopic (exact) mass is 767 g/mol. The van der Waals surface area contributed by atoms with Crippen molar-refractivity contribution in [2.45, 2.75) is 76.4 Å². The molecular formula is C39H50ClN5O7S. The lowest BCUT2D eigenvalue weighted by Gasteiger charge is -2.44. The first-order valence-electron chi connectivity index (χ1n) is 18.3. The van der Waals surface area contributed by atoms with E-state index in [1.807, 2.05) is 18.2 Å². The third kappa shape index (κ3) is 8.58. The molecule has 2 amide bonds. The van der Waals surface area contributed by atoms with Crippen LogP contribution >= 0.6 is 11.6 Å². The standard InChI is InChI=1S/C39H50ClN5O7S/c1-24-25(2)53(49,43-38(48)32-23-44(3)41-39(32)51-5)42-37(47)27-12-16-36-33(20-27)45(22-29-11-14-31(29)35(50-4)17-15-34(24)46)21-28-10-13-30(40)19-26(28)9-7-6-8-18-52-36/h10,12-13,15-17,19-20,23-25,29,31,34-35,46H,6-9,11,14,18,21-22H2,1-5H3,(H,42,43,47,48,49)/b17-15+. The Labute approximate surface area is 317 Å². The molecule has 0 saturated heterocycles. The summed E-state index contributed by atoms with van der Waals surface area (Å²) < 4.78 is 40.8. The van der Waals surface area contributed by atoms with Crippen LogP contribution in [0, 0.1) is 17.8 Å². The lowest BCUT2D eigenvalue weighted by atomic mass is 9.70. The summed E-state index contributed by atoms with van der Waals surface area (Å²) in [6.45, 7) is 5.04. The Kier molecular flexibility index (Phi) is 12.2. The third-order valence-electron chi connectivity index (χ3n) is 11.0. The van der Waals surface area contributed by atoms with E-state index < -0.39 is 39.0 Å². The van der Waals surface area contributed by atoms with Crippen LogP contribution < -0.4 is 19.1 Å². The van der Waals surface area contributed by atoms with Crippen LogP contribution in [-0.4, -0.2) is 75.7 Å². The molecule has 12 nitrogen and oxygen atoms in total. The maximum atomic E-state index is 15.0. The van der Waals surface area contributed by atoms with E-state index in [1.54, 1.807) is 52.3 Å². The largest absolute Gasteiger partial charge is 0.491 e. The van der Waals surface area contributed by atoms with Gasteiger partial charge in [-0.25, -0.2) is 4.21 Å². The van der Waals surface area contributed by atoms with Gasteiger partial charge in [-0.2, -0.15) is 0 Å². The number of methoxy groups -OCH3 is 2. The van der Waals surface area contributed by atoms with Gasteiger partial charge in [-0.05, 0) is 98.7 Å². The molecule has 2 N–H and O–H groups in total. The molecule has 7 unspecified atom stereocenters. The number of aliphatic hydroxyl groups excluding tert-OH is 1. The number of hydrogen-bond acceptors (Lipinski definition) is 9. The lowest BCUT2D eigenvalue weighted by Crippen LogP contribution is -2.44. The Morgan fingerprint density at radius 2 is 1.89 bits per heavy atom. The second kappa shape index (κ2) is 16.6. The fraction of sp³-hybridized carbons (Fsp3) is 0.513. The number of benzene rings is 2. The smallest absolute Gasteiger partial charge is 0.286 e. The van der Waals surface area contributed by atoms with E-state index in [0.717, 1.165) is 49.8 Å². The Balaban J connectivity index is 1.50. The van der Waals surface area contributed by atoms with Crippen LogP contribution in [0.2, 0.25) is 5.02 Å². The highest BCUT2D eigenvalue weighted by Crippen LogP contribution is 2.42. The van der Waals surface area contributed by atoms with Crippen LogP contribution in [-0.2, 0) is 34.7 Å². The van der Waals surface area contributed by atoms with Crippen LogP contribution in [0.4, 0.5) is 5.69 Å². The van der Waals surface area contributed by atoms with Crippen LogP contribution in [0.5, 0.6) is 11.6 Å². The summed E-state index contributed by atoms with van der Waals surface area (Å²) in [6.07, 6.45) is 9.33. The number of fused-ring (bicyclic) bond motifs is 3. The molecule has 14 heteroatoms. The highest BCUT2D eigenvalue weighted by molar-refractivity contribution is 7.93. The van der Waals surface area contributed by atoms with Crippen LogP contribution in [0.1, 0.15) is 77.8 Å². The number of aliphatic hydroxyl groups is 1. The first-order valence-corrected chi connectivity index (χ1v) is 20.2. The van der Waals surface area contributed by atoms with Crippen LogP contribution in [0.25, 0.3) is 0 Å². The number of aromatic nitrogens is 2. The highest BCUT2D eigenvalue weighted by atomic mass is 35.5. The molecule has 1 aliphatic carbocycles. The molecule has 2 bridgehead atoms. The van der Waals surface area contributed by atoms with Crippen LogP contribution in [0.3, 0.4) is 0 Å². The minimum atomic E-state index is -3.88. The van der Waals surface area contributed by atoms with Gasteiger partial charge in [0.25, 0.3) is 11.8 Å². The second-order valence-corrected chi connectivity index (χ2v) is 17.1. The quantitative estimate of drug-likeness (QED) is 0.299. The molecule has 2 aliphatic heterocycles. The molecule has 1 saturated carbocycles. The number of nitrogens with zero attached hydrogens (tertiary/aromatic N) is 4. The van der Waals surface area contributed by atoms with Crippen molar-refractivity contribution >= 4 is 39.0 Å². The summed E-state index contributed by atoms with van der Waals surface area (Å²) in [5.41, 5.74) is 3.27. The zero-order valence-corrected chi connectivity index (χ0v) is 32.6. The fourth-order valence-electron chi connectivity index (χ4n) is 7.47. The van der Waals surface area contributed by atoms with Crippen molar-refractivity contribution in [2.24, 2.45) is 29.2 Å². The van der Waals surface area contributed by atoms with Gasteiger partial charge >= 0.3 is 0 Å². The van der Waals surface area contributed by atoms with Crippen molar-refractivity contribution in [3.8, 4) is 11.6 Å². The minimum Gasteiger partial charge on any atom is -0.491 e. The number of halogens is 1. The number of nitrogens with one attached hydrogen (secondary N) is 1. The van der Waals surface area contributed by atoms with Gasteiger partial charge in [0, 0.05) is 49.9 Å². The van der Waals surface area contributed by atoms with Gasteiger partial charge in [-0.1, -0.05) is 36.7 Å². The van der Waals surface area contributed by atoms with Gasteiger partial charge in [0.2, 0.25) is 5.88 Å². The molecule has 0 spiro atoms. The molecule has 3 heterocycles. The molecule has 3 aliphatic rings. The Bertz CT molecular complexity index is 1970. The van der Waals surface area contributed by atoms with Crippen molar-refractivity contribution in [1.29, 1.82) is 0 Å². The van der Waals surface area contributed by atoms with Crippen LogP contribution in [0.15, 0.2) is 59.1 Å². The highest BCUT2D eigenvalue weighted by Gasteiger charge is 2.39. The molecule has 6 rings (SSSR count). The molecular weight excluding hydrogens is 718 g/mol. The number of anilines is 1. The maximum absolute atomic E-state index is 15.0. The van der Waals surface area contributed by atoms with E-state index >= 15 is 0 Å². The van der Waals surface area contributed by atoms with E-state index in [4.69, 9.17) is 25.8 Å². The van der Waals surface area contributed by atoms with E-state index in [-0.39, 0.29) is 34.9 Å². The average molecular weight is 768 g/mol. The van der Waals surface area contributed by atoms with E-state index in [2.05, 4.69) is 25.1 Å². The Morgan fingerprint density at radius 3 is 2.62 bits per heavy atom. The lowest BCUT2D eigenvalue weighted by molar-refractivity contribution is 0.0126. The number of carbonyl (C=O) groups is 2. The summed E-state index contributed by atoms with van der Waals surface area (Å²) in [5.74, 6) is -1.14. The number of ether oxygens (including phenoxy) is 3. The normalized spacial score (nSPS) is 28.7. The van der Waals surface area contributed by atoms with Crippen molar-refractivity contribution in [2.75, 3.05) is 32.3 Å². The molecule has 3 aromatic rings. The topological polar surface area (TPSA) is 145 Å². The minimum absolute atomic E-state index is 0.0277. The predicted molar refractivity (Wildman–Crippen MR) is 205 cm³/mol. The van der Waals surface area contributed by atoms with Gasteiger partial charge in [0.15, 0.2) is 0 Å². The van der Waals surface area contributed by atoms with E-state index in [0.29, 0.717) is 30.5 Å². The molecule has 53 heavy (non-hydrogen) atoms. The molecule has 1 aromatic heterocycles. The second-order valence-electron chi connectivity index (χ2n) is 14.4. The summed E-state index contributed by atoms with van der Waals surface area (Å²) in [5, 5.41) is 15.3. The first kappa shape index (κ1) is 38.8. The van der Waals surface area contributed by atoms with E-state index in [9.17, 15) is 18.9 Å². The van der Waals surface area contributed by atoms with Gasteiger partial charge in [-0.15, -0.1) is 9.46 Å². The van der Waals surface area contributed by atoms with Crippen molar-refractivity contribution in [3.05, 3.63) is 82.0 Å². The number of hydrogen-bond donors (Lipinski definition) is 2. The Hall–Kier alpha value is -3.91. The SMILES string of the molecule is COc1nn(C)cc1C(=O)NS1(=O)=NC(=O)c2ccc3c(c2)N(Cc2ccc(Cl)cc2CCCCCO3)CC2CCC2C(OC)/C=C/C(O)C(C)C1C. The number of rotatable bonds is 4. The zero-order valence-electron chi connectivity index (χ0n) is 31.0. The van der Waals surface area contributed by atoms with Crippen molar-refractivity contribution in [1.82, 2.24) is 14.5 Å². The average Bonchev–Trinajstić information content (AvgIpc) is 3.52. The summed E-state index contributed by atoms with van der Waals surface area (Å²) >= 11 is 6.49. The number of amides is 2.